The topological polar surface area (TPSA) is 55.2 Å². The molecule has 5 nitrogen and oxygen atoms in total. The van der Waals surface area contributed by atoms with Gasteiger partial charge in [-0.05, 0) is 37.4 Å². The molecule has 1 aromatic carbocycles. The van der Waals surface area contributed by atoms with Crippen molar-refractivity contribution >= 4 is 56.2 Å². The number of benzene rings is 1. The van der Waals surface area contributed by atoms with E-state index in [-0.39, 0.29) is 16.7 Å². The minimum absolute atomic E-state index is 0.0337. The van der Waals surface area contributed by atoms with Crippen molar-refractivity contribution in [2.24, 2.45) is 0 Å². The monoisotopic (exact) mass is 455 g/mol. The molecule has 0 aliphatic heterocycles. The molecule has 1 amide bonds. The van der Waals surface area contributed by atoms with E-state index in [9.17, 15) is 9.59 Å². The highest BCUT2D eigenvalue weighted by Crippen LogP contribution is 2.35. The molecule has 8 heteroatoms. The van der Waals surface area contributed by atoms with E-state index in [0.717, 1.165) is 16.1 Å². The van der Waals surface area contributed by atoms with Gasteiger partial charge < -0.3 is 4.90 Å². The maximum absolute atomic E-state index is 13.3. The molecule has 3 heterocycles. The summed E-state index contributed by atoms with van der Waals surface area (Å²) < 4.78 is 1.67. The Morgan fingerprint density at radius 1 is 1.20 bits per heavy atom. The predicted octanol–water partition coefficient (Wildman–Crippen LogP) is 5.35. The van der Waals surface area contributed by atoms with Crippen LogP contribution in [-0.2, 0) is 11.3 Å². The zero-order chi connectivity index (χ0) is 21.3. The van der Waals surface area contributed by atoms with Crippen molar-refractivity contribution in [2.75, 3.05) is 11.9 Å². The van der Waals surface area contributed by atoms with Crippen LogP contribution in [0.25, 0.3) is 20.7 Å². The van der Waals surface area contributed by atoms with Crippen LogP contribution in [0.15, 0.2) is 63.2 Å². The van der Waals surface area contributed by atoms with E-state index in [2.05, 4.69) is 0 Å². The van der Waals surface area contributed by atoms with Crippen molar-refractivity contribution in [2.45, 2.75) is 30.8 Å². The van der Waals surface area contributed by atoms with Gasteiger partial charge in [0.15, 0.2) is 5.16 Å². The molecule has 0 fully saturated rings. The normalized spacial score (nSPS) is 12.2. The smallest absolute Gasteiger partial charge is 0.263 e. The fraction of sp³-hybridized carbons (Fsp3) is 0.227. The van der Waals surface area contributed by atoms with Gasteiger partial charge in [0.25, 0.3) is 5.56 Å². The first-order chi connectivity index (χ1) is 14.5. The van der Waals surface area contributed by atoms with Gasteiger partial charge in [0.1, 0.15) is 4.83 Å². The van der Waals surface area contributed by atoms with Gasteiger partial charge in [0, 0.05) is 35.1 Å². The van der Waals surface area contributed by atoms with Crippen LogP contribution in [-0.4, -0.2) is 27.8 Å². The van der Waals surface area contributed by atoms with Gasteiger partial charge in [0.2, 0.25) is 5.91 Å². The molecule has 1 unspecified atom stereocenters. The predicted molar refractivity (Wildman–Crippen MR) is 128 cm³/mol. The second-order valence-corrected chi connectivity index (χ2v) is 9.86. The fourth-order valence-electron chi connectivity index (χ4n) is 3.25. The Morgan fingerprint density at radius 3 is 2.63 bits per heavy atom. The molecular weight excluding hydrogens is 434 g/mol. The number of rotatable bonds is 6. The van der Waals surface area contributed by atoms with Crippen LogP contribution in [0.3, 0.4) is 0 Å². The fourth-order valence-corrected chi connectivity index (χ4v) is 6.12. The number of hydrogen-bond acceptors (Lipinski definition) is 6. The molecule has 0 N–H and O–H groups in total. The Hall–Kier alpha value is -2.42. The molecule has 4 rings (SSSR count). The minimum Gasteiger partial charge on any atom is -0.315 e. The summed E-state index contributed by atoms with van der Waals surface area (Å²) in [6, 6.07) is 13.5. The van der Waals surface area contributed by atoms with Crippen LogP contribution in [0.2, 0.25) is 0 Å². The van der Waals surface area contributed by atoms with E-state index in [4.69, 9.17) is 4.98 Å². The van der Waals surface area contributed by atoms with Crippen LogP contribution in [0, 0.1) is 0 Å². The maximum atomic E-state index is 13.3. The second kappa shape index (κ2) is 8.75. The third kappa shape index (κ3) is 3.82. The second-order valence-electron chi connectivity index (χ2n) is 6.74. The molecule has 0 saturated carbocycles. The first-order valence-corrected chi connectivity index (χ1v) is 12.2. The van der Waals surface area contributed by atoms with Gasteiger partial charge in [-0.1, -0.05) is 36.0 Å². The average molecular weight is 456 g/mol. The Kier molecular flexibility index (Phi) is 6.08. The Bertz CT molecular complexity index is 1230. The van der Waals surface area contributed by atoms with Gasteiger partial charge >= 0.3 is 0 Å². The molecule has 0 bridgehead atoms. The van der Waals surface area contributed by atoms with E-state index in [1.165, 1.54) is 23.1 Å². The van der Waals surface area contributed by atoms with Crippen molar-refractivity contribution in [3.8, 4) is 10.4 Å². The van der Waals surface area contributed by atoms with Crippen molar-refractivity contribution in [3.05, 3.63) is 63.6 Å². The van der Waals surface area contributed by atoms with Gasteiger partial charge in [-0.25, -0.2) is 4.98 Å². The van der Waals surface area contributed by atoms with E-state index < -0.39 is 0 Å². The van der Waals surface area contributed by atoms with E-state index in [0.29, 0.717) is 21.9 Å². The van der Waals surface area contributed by atoms with Gasteiger partial charge in [-0.2, -0.15) is 0 Å². The molecule has 0 aliphatic carbocycles. The molecule has 1 atom stereocenters. The number of aromatic nitrogens is 2. The summed E-state index contributed by atoms with van der Waals surface area (Å²) in [5, 5.41) is 4.86. The zero-order valence-corrected chi connectivity index (χ0v) is 19.3. The molecule has 30 heavy (non-hydrogen) atoms. The molecule has 0 saturated heterocycles. The third-order valence-electron chi connectivity index (χ3n) is 4.87. The number of amides is 1. The van der Waals surface area contributed by atoms with Gasteiger partial charge in [-0.15, -0.1) is 22.7 Å². The van der Waals surface area contributed by atoms with E-state index >= 15 is 0 Å². The van der Waals surface area contributed by atoms with Crippen molar-refractivity contribution in [1.29, 1.82) is 0 Å². The van der Waals surface area contributed by atoms with E-state index in [1.54, 1.807) is 27.9 Å². The lowest BCUT2D eigenvalue weighted by Gasteiger charge is -2.21. The highest BCUT2D eigenvalue weighted by Gasteiger charge is 2.24. The molecule has 0 spiro atoms. The van der Waals surface area contributed by atoms with Crippen LogP contribution in [0.4, 0.5) is 5.69 Å². The molecule has 3 aromatic heterocycles. The number of thioether (sulfide) groups is 1. The lowest BCUT2D eigenvalue weighted by Crippen LogP contribution is -2.34. The van der Waals surface area contributed by atoms with Crippen molar-refractivity contribution in [3.63, 3.8) is 0 Å². The summed E-state index contributed by atoms with van der Waals surface area (Å²) in [6.45, 7) is 4.28. The van der Waals surface area contributed by atoms with Gasteiger partial charge in [-0.3, -0.25) is 14.2 Å². The summed E-state index contributed by atoms with van der Waals surface area (Å²) >= 11 is 4.42. The lowest BCUT2D eigenvalue weighted by atomic mass is 10.2. The Morgan fingerprint density at radius 2 is 1.97 bits per heavy atom. The van der Waals surface area contributed by atoms with E-state index in [1.807, 2.05) is 67.1 Å². The molecule has 0 aliphatic rings. The summed E-state index contributed by atoms with van der Waals surface area (Å²) in [7, 11) is 1.77. The summed E-state index contributed by atoms with van der Waals surface area (Å²) in [5.41, 5.74) is 1.73. The number of nitrogens with zero attached hydrogens (tertiary/aromatic N) is 3. The van der Waals surface area contributed by atoms with Gasteiger partial charge in [0.05, 0.1) is 10.6 Å². The van der Waals surface area contributed by atoms with Crippen LogP contribution in [0.1, 0.15) is 13.8 Å². The Balaban J connectivity index is 1.67. The number of carbonyl (C=O) groups is 1. The lowest BCUT2D eigenvalue weighted by molar-refractivity contribution is -0.117. The van der Waals surface area contributed by atoms with Crippen LogP contribution >= 0.6 is 34.4 Å². The number of hydrogen-bond donors (Lipinski definition) is 0. The molecule has 0 radical (unpaired) electrons. The molecule has 154 valence electrons. The first kappa shape index (κ1) is 20.8. The summed E-state index contributed by atoms with van der Waals surface area (Å²) in [6.07, 6.45) is 0. The van der Waals surface area contributed by atoms with Crippen LogP contribution < -0.4 is 10.5 Å². The average Bonchev–Trinajstić information content (AvgIpc) is 3.43. The first-order valence-electron chi connectivity index (χ1n) is 9.56. The number of thiophene rings is 2. The highest BCUT2D eigenvalue weighted by atomic mass is 32.2. The third-order valence-corrected chi connectivity index (χ3v) is 7.72. The minimum atomic E-state index is -0.380. The summed E-state index contributed by atoms with van der Waals surface area (Å²) in [5.74, 6) is -0.0337. The number of carbonyl (C=O) groups excluding carboxylic acids is 1. The SMILES string of the molecule is CCn1c(SC(C)C(=O)N(C)c2ccccc2)nc2scc(-c3cccs3)c2c1=O. The summed E-state index contributed by atoms with van der Waals surface area (Å²) in [4.78, 5) is 34.4. The number of anilines is 1. The van der Waals surface area contributed by atoms with Crippen molar-refractivity contribution < 1.29 is 4.79 Å². The molecule has 4 aromatic rings. The molecular formula is C22H21N3O2S3. The van der Waals surface area contributed by atoms with Crippen LogP contribution in [0.5, 0.6) is 0 Å². The quantitative estimate of drug-likeness (QED) is 0.290. The zero-order valence-electron chi connectivity index (χ0n) is 16.9. The van der Waals surface area contributed by atoms with Crippen molar-refractivity contribution in [1.82, 2.24) is 9.55 Å². The number of fused-ring (bicyclic) bond motifs is 1. The maximum Gasteiger partial charge on any atom is 0.263 e. The highest BCUT2D eigenvalue weighted by molar-refractivity contribution is 8.00. The number of para-hydroxylation sites is 1. The standard InChI is InChI=1S/C22H21N3O2S3/c1-4-25-21(27)18-16(17-11-8-12-28-17)13-29-19(18)23-22(25)30-14(2)20(26)24(3)15-9-6-5-7-10-15/h5-14H,4H2,1-3H3. The Labute approximate surface area is 187 Å². The largest absolute Gasteiger partial charge is 0.315 e.